The van der Waals surface area contributed by atoms with Crippen LogP contribution in [0.25, 0.3) is 0 Å². The van der Waals surface area contributed by atoms with Crippen molar-refractivity contribution in [3.63, 3.8) is 0 Å². The molecule has 2 heterocycles. The van der Waals surface area contributed by atoms with Crippen molar-refractivity contribution in [3.8, 4) is 11.5 Å². The number of nitrogens with zero attached hydrogens (tertiary/aromatic N) is 1. The van der Waals surface area contributed by atoms with E-state index in [4.69, 9.17) is 9.47 Å². The lowest BCUT2D eigenvalue weighted by atomic mass is 10.0. The number of rotatable bonds is 6. The minimum absolute atomic E-state index is 0.211. The Morgan fingerprint density at radius 2 is 1.92 bits per heavy atom. The van der Waals surface area contributed by atoms with Crippen LogP contribution in [-0.2, 0) is 6.42 Å². The van der Waals surface area contributed by atoms with Crippen molar-refractivity contribution in [2.24, 2.45) is 0 Å². The maximum absolute atomic E-state index is 5.73. The van der Waals surface area contributed by atoms with Gasteiger partial charge in [-0.15, -0.1) is 11.3 Å². The number of methoxy groups -OCH3 is 2. The Morgan fingerprint density at radius 3 is 2.54 bits per heavy atom. The Bertz CT molecular complexity index is 665. The quantitative estimate of drug-likeness (QED) is 0.870. The third kappa shape index (κ3) is 3.43. The minimum atomic E-state index is 0.211. The van der Waals surface area contributed by atoms with Crippen molar-refractivity contribution in [2.45, 2.75) is 19.4 Å². The zero-order chi connectivity index (χ0) is 16.9. The summed E-state index contributed by atoms with van der Waals surface area (Å²) < 4.78 is 11.3. The van der Waals surface area contributed by atoms with Crippen LogP contribution in [0, 0.1) is 0 Å². The molecule has 0 radical (unpaired) electrons. The van der Waals surface area contributed by atoms with Gasteiger partial charge in [0.15, 0.2) is 11.5 Å². The first-order valence-corrected chi connectivity index (χ1v) is 9.34. The number of hydrogen-bond acceptors (Lipinski definition) is 5. The van der Waals surface area contributed by atoms with E-state index in [1.54, 1.807) is 14.2 Å². The van der Waals surface area contributed by atoms with Gasteiger partial charge in [0.25, 0.3) is 0 Å². The van der Waals surface area contributed by atoms with Gasteiger partial charge in [0.05, 0.1) is 20.3 Å². The highest BCUT2D eigenvalue weighted by Crippen LogP contribution is 2.42. The van der Waals surface area contributed by atoms with E-state index in [9.17, 15) is 0 Å². The highest BCUT2D eigenvalue weighted by atomic mass is 32.1. The maximum Gasteiger partial charge on any atom is 0.165 e. The summed E-state index contributed by atoms with van der Waals surface area (Å²) >= 11 is 1.90. The molecule has 24 heavy (non-hydrogen) atoms. The van der Waals surface area contributed by atoms with Gasteiger partial charge in [0.2, 0.25) is 0 Å². The van der Waals surface area contributed by atoms with Crippen LogP contribution in [0.15, 0.2) is 30.3 Å². The third-order valence-electron chi connectivity index (χ3n) is 4.55. The SMILES string of the molecule is CCc1ccc(C(c2cccc(OC)c2OC)N2CCNCC2)s1. The average Bonchev–Trinajstić information content (AvgIpc) is 3.11. The lowest BCUT2D eigenvalue weighted by Gasteiger charge is -2.35. The zero-order valence-electron chi connectivity index (χ0n) is 14.7. The van der Waals surface area contributed by atoms with Crippen molar-refractivity contribution in [1.82, 2.24) is 10.2 Å². The molecule has 0 saturated carbocycles. The first-order valence-electron chi connectivity index (χ1n) is 8.52. The van der Waals surface area contributed by atoms with E-state index < -0.39 is 0 Å². The van der Waals surface area contributed by atoms with Crippen LogP contribution in [0.1, 0.15) is 28.3 Å². The average molecular weight is 346 g/mol. The van der Waals surface area contributed by atoms with E-state index in [1.807, 2.05) is 17.4 Å². The summed E-state index contributed by atoms with van der Waals surface area (Å²) in [4.78, 5) is 5.34. The Morgan fingerprint density at radius 1 is 1.12 bits per heavy atom. The first-order chi connectivity index (χ1) is 11.8. The van der Waals surface area contributed by atoms with Gasteiger partial charge in [0, 0.05) is 41.5 Å². The van der Waals surface area contributed by atoms with E-state index in [2.05, 4.69) is 41.4 Å². The molecule has 1 aliphatic heterocycles. The fraction of sp³-hybridized carbons (Fsp3) is 0.474. The molecule has 1 unspecified atom stereocenters. The molecule has 5 heteroatoms. The predicted molar refractivity (Wildman–Crippen MR) is 99.5 cm³/mol. The van der Waals surface area contributed by atoms with Crippen molar-refractivity contribution in [3.05, 3.63) is 45.6 Å². The van der Waals surface area contributed by atoms with E-state index in [1.165, 1.54) is 15.3 Å². The van der Waals surface area contributed by atoms with E-state index >= 15 is 0 Å². The summed E-state index contributed by atoms with van der Waals surface area (Å²) in [6.07, 6.45) is 1.08. The molecule has 1 aromatic heterocycles. The number of benzene rings is 1. The standard InChI is InChI=1S/C19H26N2O2S/c1-4-14-8-9-17(24-14)18(21-12-10-20-11-13-21)15-6-5-7-16(22-2)19(15)23-3/h5-9,18,20H,4,10-13H2,1-3H3. The fourth-order valence-electron chi connectivity index (χ4n) is 3.33. The normalized spacial score (nSPS) is 16.8. The summed E-state index contributed by atoms with van der Waals surface area (Å²) in [5, 5.41) is 3.45. The molecular formula is C19H26N2O2S. The van der Waals surface area contributed by atoms with Gasteiger partial charge >= 0.3 is 0 Å². The summed E-state index contributed by atoms with van der Waals surface area (Å²) in [7, 11) is 3.42. The summed E-state index contributed by atoms with van der Waals surface area (Å²) in [5.74, 6) is 1.64. The summed E-state index contributed by atoms with van der Waals surface area (Å²) in [6.45, 7) is 6.32. The summed E-state index contributed by atoms with van der Waals surface area (Å²) in [5.41, 5.74) is 1.18. The number of nitrogens with one attached hydrogen (secondary N) is 1. The fourth-order valence-corrected chi connectivity index (χ4v) is 4.44. The second-order valence-electron chi connectivity index (χ2n) is 5.93. The monoisotopic (exact) mass is 346 g/mol. The molecule has 0 amide bonds. The number of hydrogen-bond donors (Lipinski definition) is 1. The molecule has 4 nitrogen and oxygen atoms in total. The Labute approximate surface area is 148 Å². The summed E-state index contributed by atoms with van der Waals surface area (Å²) in [6, 6.07) is 10.9. The first kappa shape index (κ1) is 17.3. The molecule has 0 bridgehead atoms. The second-order valence-corrected chi connectivity index (χ2v) is 7.13. The number of aryl methyl sites for hydroxylation is 1. The van der Waals surface area contributed by atoms with Gasteiger partial charge in [-0.05, 0) is 24.6 Å². The molecule has 1 atom stereocenters. The molecule has 130 valence electrons. The lowest BCUT2D eigenvalue weighted by molar-refractivity contribution is 0.197. The number of piperazine rings is 1. The minimum Gasteiger partial charge on any atom is -0.493 e. The van der Waals surface area contributed by atoms with Crippen LogP contribution in [0.3, 0.4) is 0 Å². The van der Waals surface area contributed by atoms with E-state index in [-0.39, 0.29) is 6.04 Å². The van der Waals surface area contributed by atoms with Crippen LogP contribution in [0.5, 0.6) is 11.5 Å². The predicted octanol–water partition coefficient (Wildman–Crippen LogP) is 3.32. The van der Waals surface area contributed by atoms with Crippen molar-refractivity contribution >= 4 is 11.3 Å². The molecule has 1 N–H and O–H groups in total. The number of ether oxygens (including phenoxy) is 2. The van der Waals surface area contributed by atoms with Gasteiger partial charge in [-0.3, -0.25) is 4.90 Å². The lowest BCUT2D eigenvalue weighted by Crippen LogP contribution is -2.45. The van der Waals surface area contributed by atoms with Gasteiger partial charge < -0.3 is 14.8 Å². The van der Waals surface area contributed by atoms with Crippen LogP contribution >= 0.6 is 11.3 Å². The molecule has 1 aromatic carbocycles. The molecule has 1 saturated heterocycles. The van der Waals surface area contributed by atoms with E-state index in [0.717, 1.165) is 44.1 Å². The van der Waals surface area contributed by atoms with Gasteiger partial charge in [0.1, 0.15) is 0 Å². The molecule has 1 aliphatic rings. The Hall–Kier alpha value is -1.56. The molecule has 2 aromatic rings. The Balaban J connectivity index is 2.07. The zero-order valence-corrected chi connectivity index (χ0v) is 15.5. The van der Waals surface area contributed by atoms with Crippen LogP contribution in [0.4, 0.5) is 0 Å². The molecule has 3 rings (SSSR count). The van der Waals surface area contributed by atoms with Crippen LogP contribution in [0.2, 0.25) is 0 Å². The van der Waals surface area contributed by atoms with Crippen molar-refractivity contribution in [1.29, 1.82) is 0 Å². The molecule has 1 fully saturated rings. The van der Waals surface area contributed by atoms with E-state index in [0.29, 0.717) is 0 Å². The molecular weight excluding hydrogens is 320 g/mol. The van der Waals surface area contributed by atoms with Gasteiger partial charge in [-0.25, -0.2) is 0 Å². The molecule has 0 aliphatic carbocycles. The van der Waals surface area contributed by atoms with Crippen LogP contribution < -0.4 is 14.8 Å². The van der Waals surface area contributed by atoms with Crippen LogP contribution in [-0.4, -0.2) is 45.3 Å². The number of para-hydroxylation sites is 1. The smallest absolute Gasteiger partial charge is 0.165 e. The maximum atomic E-state index is 5.73. The highest BCUT2D eigenvalue weighted by molar-refractivity contribution is 7.12. The van der Waals surface area contributed by atoms with Crippen molar-refractivity contribution < 1.29 is 9.47 Å². The highest BCUT2D eigenvalue weighted by Gasteiger charge is 2.28. The van der Waals surface area contributed by atoms with Crippen molar-refractivity contribution in [2.75, 3.05) is 40.4 Å². The topological polar surface area (TPSA) is 33.7 Å². The van der Waals surface area contributed by atoms with Gasteiger partial charge in [-0.1, -0.05) is 19.1 Å². The molecule has 0 spiro atoms. The largest absolute Gasteiger partial charge is 0.493 e. The Kier molecular flexibility index (Phi) is 5.76. The van der Waals surface area contributed by atoms with Gasteiger partial charge in [-0.2, -0.15) is 0 Å². The number of thiophene rings is 1. The third-order valence-corrected chi connectivity index (χ3v) is 5.83. The second kappa shape index (κ2) is 8.01.